The molecule has 1 amide bonds. The molecular formula is C20H26F2N2O3. The molecule has 1 unspecified atom stereocenters. The van der Waals surface area contributed by atoms with Crippen LogP contribution in [-0.2, 0) is 9.59 Å². The van der Waals surface area contributed by atoms with E-state index in [-0.39, 0.29) is 35.3 Å². The normalized spacial score (nSPS) is 21.1. The van der Waals surface area contributed by atoms with Crippen molar-refractivity contribution in [3.8, 4) is 5.75 Å². The molecule has 1 aliphatic carbocycles. The van der Waals surface area contributed by atoms with Crippen LogP contribution in [0, 0.1) is 23.5 Å². The number of ether oxygens (including phenoxy) is 1. The van der Waals surface area contributed by atoms with Crippen molar-refractivity contribution >= 4 is 17.4 Å². The number of piperazine rings is 1. The van der Waals surface area contributed by atoms with Crippen LogP contribution in [0.25, 0.3) is 0 Å². The Morgan fingerprint density at radius 1 is 1.26 bits per heavy atom. The number of benzene rings is 1. The number of ketones is 1. The Kier molecular flexibility index (Phi) is 5.67. The average molecular weight is 380 g/mol. The molecule has 0 spiro atoms. The van der Waals surface area contributed by atoms with Gasteiger partial charge < -0.3 is 14.5 Å². The highest BCUT2D eigenvalue weighted by atomic mass is 19.2. The van der Waals surface area contributed by atoms with Crippen LogP contribution in [0.15, 0.2) is 12.1 Å². The highest BCUT2D eigenvalue weighted by Crippen LogP contribution is 2.33. The maximum absolute atomic E-state index is 13.8. The summed E-state index contributed by atoms with van der Waals surface area (Å²) in [5.74, 6) is -2.07. The standard InChI is InChI=1S/C20H26F2N2O3/c1-12(8-17(25)14-4-5-14)20(26)23-6-7-24(13(2)11-23)15-9-16(21)19(22)18(10-15)27-3/h9-10,12-14H,4-8,11H2,1-3H3/t12?,13-/m0/s1. The number of halogens is 2. The van der Waals surface area contributed by atoms with E-state index in [9.17, 15) is 18.4 Å². The Labute approximate surface area is 158 Å². The van der Waals surface area contributed by atoms with Crippen molar-refractivity contribution in [2.45, 2.75) is 39.2 Å². The molecule has 1 heterocycles. The number of amides is 1. The molecule has 2 aliphatic rings. The maximum Gasteiger partial charge on any atom is 0.225 e. The SMILES string of the molecule is COc1cc(N2CCN(C(=O)C(C)CC(=O)C3CC3)C[C@@H]2C)cc(F)c1F. The van der Waals surface area contributed by atoms with Gasteiger partial charge in [-0.2, -0.15) is 4.39 Å². The molecule has 1 saturated heterocycles. The number of Topliss-reactive ketones (excluding diaryl/α,β-unsaturated/α-hetero) is 1. The van der Waals surface area contributed by atoms with Crippen molar-refractivity contribution < 1.29 is 23.1 Å². The van der Waals surface area contributed by atoms with E-state index in [0.29, 0.717) is 31.7 Å². The summed E-state index contributed by atoms with van der Waals surface area (Å²) < 4.78 is 32.4. The van der Waals surface area contributed by atoms with Gasteiger partial charge in [-0.1, -0.05) is 6.92 Å². The highest BCUT2D eigenvalue weighted by Gasteiger charge is 2.34. The van der Waals surface area contributed by atoms with Gasteiger partial charge in [0.1, 0.15) is 5.78 Å². The number of carbonyl (C=O) groups is 2. The summed E-state index contributed by atoms with van der Waals surface area (Å²) in [6, 6.07) is 2.56. The van der Waals surface area contributed by atoms with Gasteiger partial charge in [0.05, 0.1) is 7.11 Å². The van der Waals surface area contributed by atoms with Crippen molar-refractivity contribution in [1.82, 2.24) is 4.90 Å². The number of methoxy groups -OCH3 is 1. The molecule has 1 aliphatic heterocycles. The van der Waals surface area contributed by atoms with Crippen molar-refractivity contribution in [3.63, 3.8) is 0 Å². The number of anilines is 1. The summed E-state index contributed by atoms with van der Waals surface area (Å²) in [6.07, 6.45) is 2.21. The third-order valence-corrected chi connectivity index (χ3v) is 5.43. The average Bonchev–Trinajstić information content (AvgIpc) is 3.48. The van der Waals surface area contributed by atoms with E-state index in [0.717, 1.165) is 18.9 Å². The van der Waals surface area contributed by atoms with E-state index < -0.39 is 11.6 Å². The summed E-state index contributed by atoms with van der Waals surface area (Å²) in [5.41, 5.74) is 0.530. The fourth-order valence-corrected chi connectivity index (χ4v) is 3.68. The summed E-state index contributed by atoms with van der Waals surface area (Å²) >= 11 is 0. The minimum absolute atomic E-state index is 0.0154. The molecule has 0 N–H and O–H groups in total. The Hall–Kier alpha value is -2.18. The van der Waals surface area contributed by atoms with Crippen molar-refractivity contribution in [2.24, 2.45) is 11.8 Å². The molecule has 148 valence electrons. The van der Waals surface area contributed by atoms with Gasteiger partial charge in [-0.05, 0) is 19.8 Å². The number of nitrogens with zero attached hydrogens (tertiary/aromatic N) is 2. The quantitative estimate of drug-likeness (QED) is 0.761. The molecule has 2 atom stereocenters. The second-order valence-electron chi connectivity index (χ2n) is 7.62. The van der Waals surface area contributed by atoms with E-state index in [2.05, 4.69) is 0 Å². The van der Waals surface area contributed by atoms with Gasteiger partial charge in [-0.15, -0.1) is 0 Å². The first-order valence-corrected chi connectivity index (χ1v) is 9.43. The van der Waals surface area contributed by atoms with E-state index in [1.165, 1.54) is 13.2 Å². The lowest BCUT2D eigenvalue weighted by Gasteiger charge is -2.42. The lowest BCUT2D eigenvalue weighted by molar-refractivity contribution is -0.138. The lowest BCUT2D eigenvalue weighted by Crippen LogP contribution is -2.55. The third-order valence-electron chi connectivity index (χ3n) is 5.43. The molecule has 2 fully saturated rings. The molecule has 27 heavy (non-hydrogen) atoms. The Morgan fingerprint density at radius 3 is 2.56 bits per heavy atom. The molecule has 0 radical (unpaired) electrons. The molecule has 1 saturated carbocycles. The Bertz CT molecular complexity index is 736. The fourth-order valence-electron chi connectivity index (χ4n) is 3.68. The third kappa shape index (κ3) is 4.22. The first-order chi connectivity index (χ1) is 12.8. The van der Waals surface area contributed by atoms with Crippen molar-refractivity contribution in [2.75, 3.05) is 31.6 Å². The van der Waals surface area contributed by atoms with Gasteiger partial charge in [0.25, 0.3) is 0 Å². The molecule has 3 rings (SSSR count). The van der Waals surface area contributed by atoms with E-state index in [1.54, 1.807) is 11.8 Å². The molecule has 1 aromatic rings. The van der Waals surface area contributed by atoms with Crippen LogP contribution >= 0.6 is 0 Å². The summed E-state index contributed by atoms with van der Waals surface area (Å²) in [4.78, 5) is 28.4. The van der Waals surface area contributed by atoms with Crippen LogP contribution in [0.3, 0.4) is 0 Å². The second kappa shape index (κ2) is 7.82. The zero-order valence-corrected chi connectivity index (χ0v) is 16.0. The van der Waals surface area contributed by atoms with Crippen LogP contribution in [-0.4, -0.2) is 49.4 Å². The summed E-state index contributed by atoms with van der Waals surface area (Å²) in [6.45, 7) is 5.20. The van der Waals surface area contributed by atoms with Gasteiger partial charge in [0.2, 0.25) is 11.7 Å². The zero-order chi connectivity index (χ0) is 19.7. The summed E-state index contributed by atoms with van der Waals surface area (Å²) in [7, 11) is 1.30. The first kappa shape index (κ1) is 19.6. The van der Waals surface area contributed by atoms with Crippen molar-refractivity contribution in [1.29, 1.82) is 0 Å². The molecule has 0 aromatic heterocycles. The van der Waals surface area contributed by atoms with Crippen LogP contribution in [0.2, 0.25) is 0 Å². The van der Waals surface area contributed by atoms with Gasteiger partial charge in [0, 0.05) is 61.8 Å². The minimum Gasteiger partial charge on any atom is -0.493 e. The maximum atomic E-state index is 13.8. The molecular weight excluding hydrogens is 354 g/mol. The molecule has 7 heteroatoms. The minimum atomic E-state index is -1.00. The molecule has 0 bridgehead atoms. The predicted octanol–water partition coefficient (Wildman–Crippen LogP) is 3.02. The highest BCUT2D eigenvalue weighted by molar-refractivity contribution is 5.89. The Morgan fingerprint density at radius 2 is 1.96 bits per heavy atom. The number of hydrogen-bond donors (Lipinski definition) is 0. The Balaban J connectivity index is 1.64. The molecule has 5 nitrogen and oxygen atoms in total. The van der Waals surface area contributed by atoms with Crippen LogP contribution in [0.1, 0.15) is 33.1 Å². The number of hydrogen-bond acceptors (Lipinski definition) is 4. The number of rotatable bonds is 6. The van der Waals surface area contributed by atoms with Crippen LogP contribution in [0.4, 0.5) is 14.5 Å². The second-order valence-corrected chi connectivity index (χ2v) is 7.62. The van der Waals surface area contributed by atoms with Gasteiger partial charge in [-0.3, -0.25) is 9.59 Å². The van der Waals surface area contributed by atoms with Gasteiger partial charge in [-0.25, -0.2) is 4.39 Å². The number of carbonyl (C=O) groups excluding carboxylic acids is 2. The van der Waals surface area contributed by atoms with E-state index in [4.69, 9.17) is 4.74 Å². The lowest BCUT2D eigenvalue weighted by atomic mass is 9.99. The predicted molar refractivity (Wildman–Crippen MR) is 97.8 cm³/mol. The van der Waals surface area contributed by atoms with Crippen LogP contribution < -0.4 is 9.64 Å². The molecule has 1 aromatic carbocycles. The summed E-state index contributed by atoms with van der Waals surface area (Å²) in [5, 5.41) is 0. The van der Waals surface area contributed by atoms with Gasteiger partial charge >= 0.3 is 0 Å². The largest absolute Gasteiger partial charge is 0.493 e. The topological polar surface area (TPSA) is 49.9 Å². The van der Waals surface area contributed by atoms with Crippen molar-refractivity contribution in [3.05, 3.63) is 23.8 Å². The first-order valence-electron chi connectivity index (χ1n) is 9.43. The monoisotopic (exact) mass is 380 g/mol. The smallest absolute Gasteiger partial charge is 0.225 e. The van der Waals surface area contributed by atoms with Crippen LogP contribution in [0.5, 0.6) is 5.75 Å². The fraction of sp³-hybridized carbons (Fsp3) is 0.600. The van der Waals surface area contributed by atoms with E-state index in [1.807, 2.05) is 11.8 Å². The van der Waals surface area contributed by atoms with E-state index >= 15 is 0 Å². The van der Waals surface area contributed by atoms with Gasteiger partial charge in [0.15, 0.2) is 11.6 Å². The zero-order valence-electron chi connectivity index (χ0n) is 16.0.